The average molecular weight is 249 g/mol. The summed E-state index contributed by atoms with van der Waals surface area (Å²) in [6.45, 7) is 5.83. The van der Waals surface area contributed by atoms with Crippen LogP contribution >= 0.6 is 0 Å². The molecule has 0 saturated carbocycles. The summed E-state index contributed by atoms with van der Waals surface area (Å²) in [5.74, 6) is 1.68. The van der Waals surface area contributed by atoms with Gasteiger partial charge in [-0.15, -0.1) is 0 Å². The predicted octanol–water partition coefficient (Wildman–Crippen LogP) is 1.80. The van der Waals surface area contributed by atoms with E-state index < -0.39 is 0 Å². The number of likely N-dealkylation sites (tertiary alicyclic amines) is 1. The number of anilines is 2. The molecule has 0 atom stereocenters. The van der Waals surface area contributed by atoms with E-state index in [2.05, 4.69) is 32.4 Å². The average Bonchev–Trinajstić information content (AvgIpc) is 2.42. The Balaban J connectivity index is 1.83. The number of nitrogens with one attached hydrogen (secondary N) is 2. The van der Waals surface area contributed by atoms with Crippen molar-refractivity contribution in [3.63, 3.8) is 0 Å². The first-order chi connectivity index (χ1) is 8.81. The highest BCUT2D eigenvalue weighted by Gasteiger charge is 2.18. The molecule has 2 rings (SSSR count). The smallest absolute Gasteiger partial charge is 0.147 e. The Kier molecular flexibility index (Phi) is 4.75. The van der Waals surface area contributed by atoms with Crippen LogP contribution in [0.2, 0.25) is 0 Å². The van der Waals surface area contributed by atoms with Crippen LogP contribution in [0.1, 0.15) is 26.2 Å². The van der Waals surface area contributed by atoms with E-state index in [-0.39, 0.29) is 0 Å². The van der Waals surface area contributed by atoms with Gasteiger partial charge < -0.3 is 15.5 Å². The molecule has 0 aromatic carbocycles. The summed E-state index contributed by atoms with van der Waals surface area (Å²) in [4.78, 5) is 11.1. The fourth-order valence-electron chi connectivity index (χ4n) is 2.38. The Bertz CT molecular complexity index is 360. The van der Waals surface area contributed by atoms with Gasteiger partial charge in [0.05, 0.1) is 12.4 Å². The number of rotatable bonds is 5. The van der Waals surface area contributed by atoms with E-state index in [9.17, 15) is 0 Å². The number of nitrogens with zero attached hydrogens (tertiary/aromatic N) is 3. The van der Waals surface area contributed by atoms with Crippen molar-refractivity contribution in [2.75, 3.05) is 37.3 Å². The molecule has 1 aromatic rings. The van der Waals surface area contributed by atoms with Crippen molar-refractivity contribution in [2.24, 2.45) is 0 Å². The van der Waals surface area contributed by atoms with Crippen molar-refractivity contribution >= 4 is 11.6 Å². The number of piperidine rings is 1. The van der Waals surface area contributed by atoms with E-state index in [1.54, 1.807) is 12.4 Å². The molecule has 1 saturated heterocycles. The van der Waals surface area contributed by atoms with Crippen LogP contribution in [0.4, 0.5) is 11.6 Å². The zero-order valence-electron chi connectivity index (χ0n) is 11.3. The SMILES string of the molecule is CCCN1CCC(Nc2cncc(NC)n2)CC1. The predicted molar refractivity (Wildman–Crippen MR) is 75.0 cm³/mol. The molecular weight excluding hydrogens is 226 g/mol. The molecule has 0 bridgehead atoms. The van der Waals surface area contributed by atoms with Gasteiger partial charge in [-0.25, -0.2) is 4.98 Å². The largest absolute Gasteiger partial charge is 0.372 e. The standard InChI is InChI=1S/C13H23N5/c1-3-6-18-7-4-11(5-8-18)16-13-10-15-9-12(14-2)17-13/h9-11H,3-8H2,1-2H3,(H2,14,16,17). The lowest BCUT2D eigenvalue weighted by Crippen LogP contribution is -2.39. The summed E-state index contributed by atoms with van der Waals surface area (Å²) >= 11 is 0. The molecule has 2 heterocycles. The third-order valence-electron chi connectivity index (χ3n) is 3.37. The van der Waals surface area contributed by atoms with Crippen molar-refractivity contribution in [1.29, 1.82) is 0 Å². The van der Waals surface area contributed by atoms with Crippen LogP contribution in [0, 0.1) is 0 Å². The Morgan fingerprint density at radius 3 is 2.67 bits per heavy atom. The van der Waals surface area contributed by atoms with E-state index in [1.807, 2.05) is 7.05 Å². The highest BCUT2D eigenvalue weighted by molar-refractivity contribution is 5.41. The lowest BCUT2D eigenvalue weighted by atomic mass is 10.1. The van der Waals surface area contributed by atoms with Gasteiger partial charge in [0.2, 0.25) is 0 Å². The van der Waals surface area contributed by atoms with Gasteiger partial charge >= 0.3 is 0 Å². The number of aromatic nitrogens is 2. The minimum atomic E-state index is 0.527. The fraction of sp³-hybridized carbons (Fsp3) is 0.692. The van der Waals surface area contributed by atoms with Gasteiger partial charge in [0.25, 0.3) is 0 Å². The highest BCUT2D eigenvalue weighted by Crippen LogP contribution is 2.15. The summed E-state index contributed by atoms with van der Waals surface area (Å²) in [6.07, 6.45) is 7.14. The molecule has 0 radical (unpaired) electrons. The van der Waals surface area contributed by atoms with Crippen molar-refractivity contribution in [3.8, 4) is 0 Å². The summed E-state index contributed by atoms with van der Waals surface area (Å²) < 4.78 is 0. The molecule has 0 aliphatic carbocycles. The van der Waals surface area contributed by atoms with Crippen molar-refractivity contribution in [1.82, 2.24) is 14.9 Å². The first-order valence-corrected chi connectivity index (χ1v) is 6.80. The summed E-state index contributed by atoms with van der Waals surface area (Å²) in [6, 6.07) is 0.527. The molecule has 2 N–H and O–H groups in total. The van der Waals surface area contributed by atoms with Gasteiger partial charge in [0, 0.05) is 26.2 Å². The fourth-order valence-corrected chi connectivity index (χ4v) is 2.38. The van der Waals surface area contributed by atoms with Gasteiger partial charge in [0.15, 0.2) is 0 Å². The maximum Gasteiger partial charge on any atom is 0.147 e. The zero-order chi connectivity index (χ0) is 12.8. The molecule has 5 heteroatoms. The van der Waals surface area contributed by atoms with Gasteiger partial charge in [-0.1, -0.05) is 6.92 Å². The monoisotopic (exact) mass is 249 g/mol. The van der Waals surface area contributed by atoms with Gasteiger partial charge in [0.1, 0.15) is 11.6 Å². The molecule has 1 aromatic heterocycles. The summed E-state index contributed by atoms with van der Waals surface area (Å²) in [5, 5.41) is 6.48. The maximum absolute atomic E-state index is 4.44. The third kappa shape index (κ3) is 3.57. The number of hydrogen-bond acceptors (Lipinski definition) is 5. The van der Waals surface area contributed by atoms with E-state index in [4.69, 9.17) is 0 Å². The first-order valence-electron chi connectivity index (χ1n) is 6.80. The van der Waals surface area contributed by atoms with Crippen molar-refractivity contribution in [2.45, 2.75) is 32.2 Å². The molecule has 100 valence electrons. The van der Waals surface area contributed by atoms with Crippen LogP contribution in [0.5, 0.6) is 0 Å². The Morgan fingerprint density at radius 2 is 2.00 bits per heavy atom. The normalized spacial score (nSPS) is 17.7. The Hall–Kier alpha value is -1.36. The molecule has 0 unspecified atom stereocenters. The third-order valence-corrected chi connectivity index (χ3v) is 3.37. The first kappa shape index (κ1) is 13.1. The molecule has 18 heavy (non-hydrogen) atoms. The Labute approximate surface area is 109 Å². The molecule has 1 aliphatic heterocycles. The highest BCUT2D eigenvalue weighted by atomic mass is 15.2. The number of hydrogen-bond donors (Lipinski definition) is 2. The van der Waals surface area contributed by atoms with Crippen LogP contribution < -0.4 is 10.6 Å². The topological polar surface area (TPSA) is 53.1 Å². The molecule has 0 amide bonds. The minimum absolute atomic E-state index is 0.527. The van der Waals surface area contributed by atoms with Gasteiger partial charge in [-0.2, -0.15) is 0 Å². The second-order valence-corrected chi connectivity index (χ2v) is 4.80. The molecule has 0 spiro atoms. The Morgan fingerprint density at radius 1 is 1.28 bits per heavy atom. The molecule has 1 aliphatic rings. The van der Waals surface area contributed by atoms with Crippen molar-refractivity contribution in [3.05, 3.63) is 12.4 Å². The minimum Gasteiger partial charge on any atom is -0.372 e. The lowest BCUT2D eigenvalue weighted by Gasteiger charge is -2.32. The lowest BCUT2D eigenvalue weighted by molar-refractivity contribution is 0.219. The van der Waals surface area contributed by atoms with Crippen LogP contribution in [0.25, 0.3) is 0 Å². The van der Waals surface area contributed by atoms with E-state index >= 15 is 0 Å². The second-order valence-electron chi connectivity index (χ2n) is 4.80. The quantitative estimate of drug-likeness (QED) is 0.833. The van der Waals surface area contributed by atoms with Crippen LogP contribution in [0.3, 0.4) is 0 Å². The van der Waals surface area contributed by atoms with E-state index in [1.165, 1.54) is 38.9 Å². The summed E-state index contributed by atoms with van der Waals surface area (Å²) in [7, 11) is 1.86. The van der Waals surface area contributed by atoms with Crippen molar-refractivity contribution < 1.29 is 0 Å². The molecular formula is C13H23N5. The van der Waals surface area contributed by atoms with Crippen LogP contribution in [-0.4, -0.2) is 47.6 Å². The molecule has 1 fully saturated rings. The zero-order valence-corrected chi connectivity index (χ0v) is 11.3. The van der Waals surface area contributed by atoms with Crippen LogP contribution in [-0.2, 0) is 0 Å². The summed E-state index contributed by atoms with van der Waals surface area (Å²) in [5.41, 5.74) is 0. The second kappa shape index (κ2) is 6.54. The van der Waals surface area contributed by atoms with Crippen LogP contribution in [0.15, 0.2) is 12.4 Å². The van der Waals surface area contributed by atoms with Gasteiger partial charge in [-0.3, -0.25) is 4.98 Å². The van der Waals surface area contributed by atoms with E-state index in [0.717, 1.165) is 11.6 Å². The molecule has 5 nitrogen and oxygen atoms in total. The van der Waals surface area contributed by atoms with E-state index in [0.29, 0.717) is 6.04 Å². The maximum atomic E-state index is 4.44. The van der Waals surface area contributed by atoms with Gasteiger partial charge in [-0.05, 0) is 25.8 Å².